The van der Waals surface area contributed by atoms with Crippen LogP contribution in [0.1, 0.15) is 18.9 Å². The Bertz CT molecular complexity index is 450. The second-order valence-electron chi connectivity index (χ2n) is 5.96. The van der Waals surface area contributed by atoms with Gasteiger partial charge in [0.1, 0.15) is 0 Å². The van der Waals surface area contributed by atoms with Crippen LogP contribution in [-0.4, -0.2) is 47.7 Å². The molecule has 5 heteroatoms. The molecule has 1 fully saturated rings. The van der Waals surface area contributed by atoms with E-state index in [1.165, 1.54) is 5.56 Å². The van der Waals surface area contributed by atoms with E-state index < -0.39 is 0 Å². The van der Waals surface area contributed by atoms with Crippen LogP contribution >= 0.6 is 0 Å². The minimum absolute atomic E-state index is 0.173. The Hall–Kier alpha value is -1.43. The predicted molar refractivity (Wildman–Crippen MR) is 82.5 cm³/mol. The van der Waals surface area contributed by atoms with Crippen molar-refractivity contribution in [3.8, 4) is 0 Å². The van der Waals surface area contributed by atoms with Gasteiger partial charge < -0.3 is 16.2 Å². The number of benzene rings is 1. The number of piperidine rings is 1. The molecule has 116 valence electrons. The van der Waals surface area contributed by atoms with Crippen molar-refractivity contribution in [2.45, 2.75) is 32.0 Å². The number of aliphatic hydroxyl groups excluding tert-OH is 1. The van der Waals surface area contributed by atoms with Gasteiger partial charge in [-0.2, -0.15) is 0 Å². The molecular formula is C16H25N3O2. The molecule has 5 nitrogen and oxygen atoms in total. The van der Waals surface area contributed by atoms with E-state index in [1.54, 1.807) is 0 Å². The Labute approximate surface area is 126 Å². The molecule has 21 heavy (non-hydrogen) atoms. The van der Waals surface area contributed by atoms with Crippen molar-refractivity contribution in [3.05, 3.63) is 35.9 Å². The quantitative estimate of drug-likeness (QED) is 0.706. The molecule has 1 aliphatic heterocycles. The highest BCUT2D eigenvalue weighted by Crippen LogP contribution is 2.20. The minimum atomic E-state index is -0.373. The van der Waals surface area contributed by atoms with Crippen LogP contribution in [0.3, 0.4) is 0 Å². The number of primary amides is 1. The molecule has 0 saturated carbocycles. The summed E-state index contributed by atoms with van der Waals surface area (Å²) in [6.45, 7) is 4.38. The van der Waals surface area contributed by atoms with Crippen molar-refractivity contribution in [2.75, 3.05) is 19.6 Å². The summed E-state index contributed by atoms with van der Waals surface area (Å²) < 4.78 is 0. The van der Waals surface area contributed by atoms with Gasteiger partial charge in [-0.25, -0.2) is 0 Å². The van der Waals surface area contributed by atoms with E-state index in [0.717, 1.165) is 26.1 Å². The number of amides is 1. The van der Waals surface area contributed by atoms with Gasteiger partial charge in [-0.3, -0.25) is 9.69 Å². The third kappa shape index (κ3) is 5.12. The Morgan fingerprint density at radius 3 is 2.76 bits per heavy atom. The van der Waals surface area contributed by atoms with Gasteiger partial charge in [-0.1, -0.05) is 30.3 Å². The summed E-state index contributed by atoms with van der Waals surface area (Å²) in [4.78, 5) is 13.2. The third-order valence-corrected chi connectivity index (χ3v) is 4.06. The standard InChI is InChI=1S/C16H25N3O2/c1-12(20)14-7-15(10-19(9-14)11-16(17)21)18-8-13-5-3-2-4-6-13/h2-6,12,14-15,18,20H,7-11H2,1H3,(H2,17,21). The zero-order valence-corrected chi connectivity index (χ0v) is 12.5. The highest BCUT2D eigenvalue weighted by atomic mass is 16.3. The number of carbonyl (C=O) groups is 1. The fourth-order valence-corrected chi connectivity index (χ4v) is 2.94. The van der Waals surface area contributed by atoms with Crippen LogP contribution in [0, 0.1) is 5.92 Å². The lowest BCUT2D eigenvalue weighted by Crippen LogP contribution is -2.53. The molecule has 0 spiro atoms. The van der Waals surface area contributed by atoms with Gasteiger partial charge in [0.15, 0.2) is 0 Å². The molecule has 0 bridgehead atoms. The van der Waals surface area contributed by atoms with E-state index in [1.807, 2.05) is 30.0 Å². The van der Waals surface area contributed by atoms with E-state index in [2.05, 4.69) is 17.4 Å². The van der Waals surface area contributed by atoms with E-state index >= 15 is 0 Å². The normalized spacial score (nSPS) is 24.7. The fraction of sp³-hybridized carbons (Fsp3) is 0.562. The summed E-state index contributed by atoms with van der Waals surface area (Å²) in [7, 11) is 0. The van der Waals surface area contributed by atoms with Gasteiger partial charge >= 0.3 is 0 Å². The Morgan fingerprint density at radius 2 is 2.14 bits per heavy atom. The van der Waals surface area contributed by atoms with Crippen molar-refractivity contribution in [1.82, 2.24) is 10.2 Å². The van der Waals surface area contributed by atoms with Crippen LogP contribution in [-0.2, 0) is 11.3 Å². The van der Waals surface area contributed by atoms with E-state index in [4.69, 9.17) is 5.73 Å². The summed E-state index contributed by atoms with van der Waals surface area (Å²) in [5.74, 6) is -0.144. The molecule has 0 aromatic heterocycles. The number of hydrogen-bond acceptors (Lipinski definition) is 4. The first kappa shape index (κ1) is 15.9. The number of likely N-dealkylation sites (tertiary alicyclic amines) is 1. The van der Waals surface area contributed by atoms with Gasteiger partial charge in [-0.15, -0.1) is 0 Å². The molecule has 2 rings (SSSR count). The van der Waals surface area contributed by atoms with E-state index in [0.29, 0.717) is 0 Å². The van der Waals surface area contributed by atoms with Crippen LogP contribution in [0.15, 0.2) is 30.3 Å². The molecule has 0 radical (unpaired) electrons. The summed E-state index contributed by atoms with van der Waals surface area (Å²) in [6.07, 6.45) is 0.543. The zero-order valence-electron chi connectivity index (χ0n) is 12.5. The molecule has 1 aromatic rings. The van der Waals surface area contributed by atoms with Gasteiger partial charge in [0.2, 0.25) is 5.91 Å². The molecule has 4 N–H and O–H groups in total. The van der Waals surface area contributed by atoms with Crippen LogP contribution < -0.4 is 11.1 Å². The molecule has 3 atom stereocenters. The van der Waals surface area contributed by atoms with Crippen molar-refractivity contribution in [3.63, 3.8) is 0 Å². The van der Waals surface area contributed by atoms with Gasteiger partial charge in [0.25, 0.3) is 0 Å². The number of nitrogens with one attached hydrogen (secondary N) is 1. The number of hydrogen-bond donors (Lipinski definition) is 3. The topological polar surface area (TPSA) is 78.6 Å². The van der Waals surface area contributed by atoms with Crippen molar-refractivity contribution < 1.29 is 9.90 Å². The second-order valence-corrected chi connectivity index (χ2v) is 5.96. The lowest BCUT2D eigenvalue weighted by molar-refractivity contribution is -0.120. The Kier molecular flexibility index (Phi) is 5.73. The van der Waals surface area contributed by atoms with Crippen molar-refractivity contribution in [1.29, 1.82) is 0 Å². The average molecular weight is 291 g/mol. The number of rotatable bonds is 6. The fourth-order valence-electron chi connectivity index (χ4n) is 2.94. The molecule has 1 aliphatic rings. The highest BCUT2D eigenvalue weighted by molar-refractivity contribution is 5.75. The number of nitrogens with zero attached hydrogens (tertiary/aromatic N) is 1. The Balaban J connectivity index is 1.92. The SMILES string of the molecule is CC(O)C1CC(NCc2ccccc2)CN(CC(N)=O)C1. The van der Waals surface area contributed by atoms with Crippen LogP contribution in [0.4, 0.5) is 0 Å². The third-order valence-electron chi connectivity index (χ3n) is 4.06. The highest BCUT2D eigenvalue weighted by Gasteiger charge is 2.30. The largest absolute Gasteiger partial charge is 0.393 e. The maximum absolute atomic E-state index is 11.1. The predicted octanol–water partition coefficient (Wildman–Crippen LogP) is 0.333. The van der Waals surface area contributed by atoms with Crippen LogP contribution in [0.25, 0.3) is 0 Å². The van der Waals surface area contributed by atoms with Crippen molar-refractivity contribution in [2.24, 2.45) is 11.7 Å². The smallest absolute Gasteiger partial charge is 0.231 e. The minimum Gasteiger partial charge on any atom is -0.393 e. The number of aliphatic hydroxyl groups is 1. The zero-order chi connectivity index (χ0) is 15.2. The average Bonchev–Trinajstić information content (AvgIpc) is 2.45. The lowest BCUT2D eigenvalue weighted by Gasteiger charge is -2.38. The molecule has 1 amide bonds. The first-order chi connectivity index (χ1) is 10.0. The van der Waals surface area contributed by atoms with Gasteiger partial charge in [0.05, 0.1) is 12.6 Å². The summed E-state index contributed by atoms with van der Waals surface area (Å²) in [5, 5.41) is 13.4. The molecular weight excluding hydrogens is 266 g/mol. The van der Waals surface area contributed by atoms with Crippen molar-refractivity contribution >= 4 is 5.91 Å². The van der Waals surface area contributed by atoms with Gasteiger partial charge in [0, 0.05) is 25.7 Å². The second kappa shape index (κ2) is 7.54. The van der Waals surface area contributed by atoms with Gasteiger partial charge in [-0.05, 0) is 24.8 Å². The molecule has 1 aromatic carbocycles. The first-order valence-electron chi connectivity index (χ1n) is 7.50. The monoisotopic (exact) mass is 291 g/mol. The molecule has 1 heterocycles. The summed E-state index contributed by atoms with van der Waals surface area (Å²) in [5.41, 5.74) is 6.53. The van der Waals surface area contributed by atoms with Crippen LogP contribution in [0.2, 0.25) is 0 Å². The van der Waals surface area contributed by atoms with E-state index in [-0.39, 0.29) is 30.5 Å². The number of nitrogens with two attached hydrogens (primary N) is 1. The lowest BCUT2D eigenvalue weighted by atomic mass is 9.90. The molecule has 3 unspecified atom stereocenters. The molecule has 0 aliphatic carbocycles. The maximum Gasteiger partial charge on any atom is 0.231 e. The number of carbonyl (C=O) groups excluding carboxylic acids is 1. The summed E-state index contributed by atoms with van der Waals surface area (Å²) >= 11 is 0. The Morgan fingerprint density at radius 1 is 1.43 bits per heavy atom. The first-order valence-corrected chi connectivity index (χ1v) is 7.50. The van der Waals surface area contributed by atoms with E-state index in [9.17, 15) is 9.90 Å². The summed E-state index contributed by atoms with van der Waals surface area (Å²) in [6, 6.07) is 10.5. The maximum atomic E-state index is 11.1. The van der Waals surface area contributed by atoms with Crippen LogP contribution in [0.5, 0.6) is 0 Å². The molecule has 1 saturated heterocycles.